The summed E-state index contributed by atoms with van der Waals surface area (Å²) in [4.78, 5) is 2.01. The van der Waals surface area contributed by atoms with Gasteiger partial charge in [0.05, 0.1) is 5.60 Å². The van der Waals surface area contributed by atoms with Gasteiger partial charge in [0.25, 0.3) is 0 Å². The summed E-state index contributed by atoms with van der Waals surface area (Å²) < 4.78 is 0. The number of benzene rings is 1. The summed E-state index contributed by atoms with van der Waals surface area (Å²) in [6.07, 6.45) is 1.51. The van der Waals surface area contributed by atoms with E-state index in [4.69, 9.17) is 0 Å². The Morgan fingerprint density at radius 3 is 2.44 bits per heavy atom. The lowest BCUT2D eigenvalue weighted by atomic mass is 9.99. The Morgan fingerprint density at radius 1 is 1.31 bits per heavy atom. The van der Waals surface area contributed by atoms with Crippen LogP contribution in [-0.4, -0.2) is 29.2 Å². The van der Waals surface area contributed by atoms with E-state index < -0.39 is 5.60 Å². The van der Waals surface area contributed by atoms with Gasteiger partial charge in [0.15, 0.2) is 0 Å². The van der Waals surface area contributed by atoms with Crippen molar-refractivity contribution < 1.29 is 10.2 Å². The van der Waals surface area contributed by atoms with Gasteiger partial charge < -0.3 is 15.1 Å². The second-order valence-corrected chi connectivity index (χ2v) is 5.09. The minimum atomic E-state index is -0.767. The number of aryl methyl sites for hydroxylation is 1. The van der Waals surface area contributed by atoms with E-state index in [1.807, 2.05) is 38.1 Å². The summed E-state index contributed by atoms with van der Waals surface area (Å²) >= 11 is 0. The van der Waals surface area contributed by atoms with Crippen LogP contribution in [0.4, 0.5) is 0 Å². The number of aliphatic hydroxyl groups is 1. The summed E-state index contributed by atoms with van der Waals surface area (Å²) in [6, 6.07) is 3.87. The van der Waals surface area contributed by atoms with Crippen molar-refractivity contribution in [1.82, 2.24) is 4.90 Å². The monoisotopic (exact) mass is 221 g/mol. The zero-order valence-electron chi connectivity index (χ0n) is 10.1. The van der Waals surface area contributed by atoms with Crippen LogP contribution in [-0.2, 0) is 12.1 Å². The number of rotatable bonds is 3. The molecule has 0 amide bonds. The Kier molecular flexibility index (Phi) is 2.68. The number of phenolic OH excluding ortho intramolecular Hbond substituents is 1. The van der Waals surface area contributed by atoms with Crippen LogP contribution in [0.5, 0.6) is 5.75 Å². The molecule has 2 rings (SSSR count). The molecule has 0 bridgehead atoms. The minimum absolute atomic E-state index is 0.263. The maximum atomic E-state index is 10.2. The molecular formula is C13H19NO2. The molecule has 0 radical (unpaired) electrons. The Hall–Kier alpha value is -1.06. The molecule has 1 aromatic rings. The smallest absolute Gasteiger partial charge is 0.126 e. The second kappa shape index (κ2) is 3.75. The standard InChI is InChI=1S/C13H19NO2/c1-9-6-10(8-14(2)3)12(15)11(7-9)13(16)4-5-13/h6-7,15-16H,4-5,8H2,1-3H3. The highest BCUT2D eigenvalue weighted by atomic mass is 16.3. The van der Waals surface area contributed by atoms with Crippen molar-refractivity contribution in [3.05, 3.63) is 28.8 Å². The highest BCUT2D eigenvalue weighted by Crippen LogP contribution is 2.49. The average molecular weight is 221 g/mol. The van der Waals surface area contributed by atoms with Crippen LogP contribution in [0.1, 0.15) is 29.5 Å². The van der Waals surface area contributed by atoms with Gasteiger partial charge in [0, 0.05) is 17.7 Å². The lowest BCUT2D eigenvalue weighted by Gasteiger charge is -2.17. The molecule has 0 heterocycles. The largest absolute Gasteiger partial charge is 0.507 e. The molecule has 1 aliphatic rings. The van der Waals surface area contributed by atoms with E-state index in [2.05, 4.69) is 0 Å². The van der Waals surface area contributed by atoms with Crippen molar-refractivity contribution in [2.75, 3.05) is 14.1 Å². The molecule has 1 saturated carbocycles. The first kappa shape index (κ1) is 11.4. The Labute approximate surface area is 96.3 Å². The van der Waals surface area contributed by atoms with Crippen LogP contribution in [0.25, 0.3) is 0 Å². The quantitative estimate of drug-likeness (QED) is 0.817. The summed E-state index contributed by atoms with van der Waals surface area (Å²) in [6.45, 7) is 2.68. The Bertz CT molecular complexity index is 409. The fourth-order valence-corrected chi connectivity index (χ4v) is 2.06. The van der Waals surface area contributed by atoms with Gasteiger partial charge in [0.2, 0.25) is 0 Å². The molecular weight excluding hydrogens is 202 g/mol. The molecule has 0 unspecified atom stereocenters. The highest BCUT2D eigenvalue weighted by Gasteiger charge is 2.44. The number of phenols is 1. The lowest BCUT2D eigenvalue weighted by Crippen LogP contribution is -2.13. The zero-order valence-corrected chi connectivity index (χ0v) is 10.1. The van der Waals surface area contributed by atoms with Gasteiger partial charge in [-0.2, -0.15) is 0 Å². The fourth-order valence-electron chi connectivity index (χ4n) is 2.06. The molecule has 16 heavy (non-hydrogen) atoms. The summed E-state index contributed by atoms with van der Waals surface area (Å²) in [7, 11) is 3.93. The van der Waals surface area contributed by atoms with E-state index in [0.717, 1.165) is 24.0 Å². The molecule has 0 aromatic heterocycles. The molecule has 1 aliphatic carbocycles. The molecule has 1 aromatic carbocycles. The molecule has 1 fully saturated rings. The first-order chi connectivity index (χ1) is 7.42. The van der Waals surface area contributed by atoms with Crippen molar-refractivity contribution in [3.8, 4) is 5.75 Å². The van der Waals surface area contributed by atoms with Crippen LogP contribution in [0.15, 0.2) is 12.1 Å². The average Bonchev–Trinajstić information content (AvgIpc) is 2.90. The Balaban J connectivity index is 2.42. The predicted molar refractivity (Wildman–Crippen MR) is 63.4 cm³/mol. The van der Waals surface area contributed by atoms with Gasteiger partial charge in [-0.3, -0.25) is 0 Å². The van der Waals surface area contributed by atoms with E-state index in [-0.39, 0.29) is 5.75 Å². The summed E-state index contributed by atoms with van der Waals surface area (Å²) in [5, 5.41) is 20.2. The third kappa shape index (κ3) is 2.06. The molecule has 3 nitrogen and oxygen atoms in total. The van der Waals surface area contributed by atoms with Crippen molar-refractivity contribution in [1.29, 1.82) is 0 Å². The molecule has 2 N–H and O–H groups in total. The van der Waals surface area contributed by atoms with Crippen LogP contribution in [0, 0.1) is 6.92 Å². The highest BCUT2D eigenvalue weighted by molar-refractivity contribution is 5.48. The molecule has 0 saturated heterocycles. The number of hydrogen-bond acceptors (Lipinski definition) is 3. The molecule has 0 spiro atoms. The third-order valence-corrected chi connectivity index (χ3v) is 3.04. The van der Waals surface area contributed by atoms with E-state index in [1.165, 1.54) is 0 Å². The van der Waals surface area contributed by atoms with Gasteiger partial charge in [-0.25, -0.2) is 0 Å². The van der Waals surface area contributed by atoms with Gasteiger partial charge in [-0.05, 0) is 39.9 Å². The topological polar surface area (TPSA) is 43.7 Å². The summed E-state index contributed by atoms with van der Waals surface area (Å²) in [5.74, 6) is 0.263. The van der Waals surface area contributed by atoms with E-state index in [0.29, 0.717) is 12.1 Å². The zero-order chi connectivity index (χ0) is 11.9. The van der Waals surface area contributed by atoms with Crippen molar-refractivity contribution in [2.24, 2.45) is 0 Å². The van der Waals surface area contributed by atoms with Gasteiger partial charge in [-0.15, -0.1) is 0 Å². The fraction of sp³-hybridized carbons (Fsp3) is 0.538. The summed E-state index contributed by atoms with van der Waals surface area (Å²) in [5.41, 5.74) is 1.91. The number of aromatic hydroxyl groups is 1. The van der Waals surface area contributed by atoms with Gasteiger partial charge in [-0.1, -0.05) is 11.6 Å². The van der Waals surface area contributed by atoms with Crippen molar-refractivity contribution >= 4 is 0 Å². The second-order valence-electron chi connectivity index (χ2n) is 5.09. The molecule has 3 heteroatoms. The Morgan fingerprint density at radius 2 is 1.94 bits per heavy atom. The normalized spacial score (nSPS) is 17.8. The van der Waals surface area contributed by atoms with E-state index >= 15 is 0 Å². The van der Waals surface area contributed by atoms with Crippen molar-refractivity contribution in [3.63, 3.8) is 0 Å². The third-order valence-electron chi connectivity index (χ3n) is 3.04. The van der Waals surface area contributed by atoms with Gasteiger partial charge >= 0.3 is 0 Å². The maximum Gasteiger partial charge on any atom is 0.126 e. The van der Waals surface area contributed by atoms with Crippen LogP contribution >= 0.6 is 0 Å². The molecule has 0 aliphatic heterocycles. The van der Waals surface area contributed by atoms with E-state index in [1.54, 1.807) is 0 Å². The van der Waals surface area contributed by atoms with Crippen LogP contribution in [0.3, 0.4) is 0 Å². The number of hydrogen-bond donors (Lipinski definition) is 2. The predicted octanol–water partition coefficient (Wildman–Crippen LogP) is 1.74. The molecule has 88 valence electrons. The first-order valence-electron chi connectivity index (χ1n) is 5.62. The van der Waals surface area contributed by atoms with Crippen LogP contribution in [0.2, 0.25) is 0 Å². The van der Waals surface area contributed by atoms with Gasteiger partial charge in [0.1, 0.15) is 5.75 Å². The van der Waals surface area contributed by atoms with E-state index in [9.17, 15) is 10.2 Å². The molecule has 0 atom stereocenters. The lowest BCUT2D eigenvalue weighted by molar-refractivity contribution is 0.147. The minimum Gasteiger partial charge on any atom is -0.507 e. The van der Waals surface area contributed by atoms with Crippen LogP contribution < -0.4 is 0 Å². The maximum absolute atomic E-state index is 10.2. The SMILES string of the molecule is Cc1cc(CN(C)C)c(O)c(C2(O)CC2)c1. The first-order valence-corrected chi connectivity index (χ1v) is 5.62. The van der Waals surface area contributed by atoms with Crippen molar-refractivity contribution in [2.45, 2.75) is 31.9 Å². The number of nitrogens with zero attached hydrogens (tertiary/aromatic N) is 1.